The highest BCUT2D eigenvalue weighted by Crippen LogP contribution is 2.63. The minimum absolute atomic E-state index is 0.112. The Morgan fingerprint density at radius 1 is 1.08 bits per heavy atom. The van der Waals surface area contributed by atoms with Crippen molar-refractivity contribution in [2.45, 2.75) is 82.3 Å². The van der Waals surface area contributed by atoms with Crippen LogP contribution in [0, 0.1) is 0 Å². The number of rotatable bonds is 2. The lowest BCUT2D eigenvalue weighted by molar-refractivity contribution is -0.152. The third-order valence-corrected chi connectivity index (χ3v) is 5.10. The first-order valence-corrected chi connectivity index (χ1v) is 9.03. The number of aliphatic hydroxyl groups excluding tert-OH is 1. The van der Waals surface area contributed by atoms with Crippen molar-refractivity contribution in [1.82, 2.24) is 10.2 Å². The summed E-state index contributed by atoms with van der Waals surface area (Å²) in [4.78, 5) is 26.1. The molecule has 3 heterocycles. The van der Waals surface area contributed by atoms with Gasteiger partial charge in [0.15, 0.2) is 0 Å². The Morgan fingerprint density at radius 3 is 2.08 bits per heavy atom. The molecule has 1 spiro atoms. The molecule has 1 aliphatic carbocycles. The van der Waals surface area contributed by atoms with Crippen LogP contribution in [0.2, 0.25) is 0 Å². The first-order valence-electron chi connectivity index (χ1n) is 9.03. The summed E-state index contributed by atoms with van der Waals surface area (Å²) in [6, 6.07) is 0. The molecule has 0 atom stereocenters. The van der Waals surface area contributed by atoms with Crippen LogP contribution in [0.5, 0.6) is 0 Å². The van der Waals surface area contributed by atoms with E-state index >= 15 is 0 Å². The Kier molecular flexibility index (Phi) is 4.05. The Labute approximate surface area is 154 Å². The van der Waals surface area contributed by atoms with E-state index in [0.29, 0.717) is 25.9 Å². The molecular weight excluding hydrogens is 340 g/mol. The number of hydrogen-bond acceptors (Lipinski definition) is 6. The molecule has 3 saturated heterocycles. The number of likely N-dealkylation sites (tertiary alicyclic amines) is 1. The highest BCUT2D eigenvalue weighted by atomic mass is 16.6. The first kappa shape index (κ1) is 19.2. The molecule has 4 fully saturated rings. The van der Waals surface area contributed by atoms with E-state index in [-0.39, 0.29) is 6.61 Å². The molecule has 0 aromatic heterocycles. The summed E-state index contributed by atoms with van der Waals surface area (Å²) < 4.78 is 17.0. The minimum Gasteiger partial charge on any atom is -0.444 e. The van der Waals surface area contributed by atoms with E-state index in [9.17, 15) is 14.7 Å². The molecule has 0 radical (unpaired) electrons. The summed E-state index contributed by atoms with van der Waals surface area (Å²) in [6.45, 7) is 11.4. The number of carbonyl (C=O) groups excluding carboxylic acids is 2. The van der Waals surface area contributed by atoms with Crippen LogP contribution < -0.4 is 5.32 Å². The number of nitrogens with one attached hydrogen (secondary N) is 1. The van der Waals surface area contributed by atoms with E-state index in [1.54, 1.807) is 25.7 Å². The number of nitrogens with zero attached hydrogens (tertiary/aromatic N) is 1. The highest BCUT2D eigenvalue weighted by molar-refractivity contribution is 5.72. The van der Waals surface area contributed by atoms with E-state index in [2.05, 4.69) is 5.32 Å². The number of aliphatic hydroxyl groups is 1. The van der Waals surface area contributed by atoms with Gasteiger partial charge in [-0.3, -0.25) is 0 Å². The molecule has 148 valence electrons. The lowest BCUT2D eigenvalue weighted by Gasteiger charge is -2.54. The zero-order chi connectivity index (χ0) is 19.6. The van der Waals surface area contributed by atoms with E-state index < -0.39 is 40.1 Å². The molecule has 0 aromatic carbocycles. The van der Waals surface area contributed by atoms with Crippen LogP contribution >= 0.6 is 0 Å². The zero-order valence-corrected chi connectivity index (χ0v) is 16.5. The molecule has 8 heteroatoms. The van der Waals surface area contributed by atoms with Crippen LogP contribution in [0.4, 0.5) is 9.59 Å². The Hall–Kier alpha value is -1.54. The van der Waals surface area contributed by atoms with E-state index in [1.165, 1.54) is 0 Å². The second kappa shape index (κ2) is 5.48. The van der Waals surface area contributed by atoms with Crippen molar-refractivity contribution in [3.63, 3.8) is 0 Å². The van der Waals surface area contributed by atoms with Crippen molar-refractivity contribution in [1.29, 1.82) is 0 Å². The summed E-state index contributed by atoms with van der Waals surface area (Å²) in [5.41, 5.74) is -3.15. The van der Waals surface area contributed by atoms with Gasteiger partial charge >= 0.3 is 12.2 Å². The predicted octanol–water partition coefficient (Wildman–Crippen LogP) is 1.79. The van der Waals surface area contributed by atoms with E-state index in [1.807, 2.05) is 20.8 Å². The summed E-state index contributed by atoms with van der Waals surface area (Å²) in [5, 5.41) is 12.7. The van der Waals surface area contributed by atoms with Crippen LogP contribution in [0.25, 0.3) is 0 Å². The van der Waals surface area contributed by atoms with Crippen LogP contribution in [0.15, 0.2) is 0 Å². The van der Waals surface area contributed by atoms with Crippen molar-refractivity contribution in [3.8, 4) is 0 Å². The first-order chi connectivity index (χ1) is 11.7. The molecule has 3 aliphatic heterocycles. The summed E-state index contributed by atoms with van der Waals surface area (Å²) >= 11 is 0. The predicted molar refractivity (Wildman–Crippen MR) is 92.8 cm³/mol. The van der Waals surface area contributed by atoms with Gasteiger partial charge in [0.2, 0.25) is 0 Å². The van der Waals surface area contributed by atoms with Crippen LogP contribution in [0.3, 0.4) is 0 Å². The van der Waals surface area contributed by atoms with Gasteiger partial charge in [0.1, 0.15) is 16.8 Å². The van der Waals surface area contributed by atoms with Gasteiger partial charge in [-0.25, -0.2) is 9.59 Å². The van der Waals surface area contributed by atoms with Crippen molar-refractivity contribution >= 4 is 12.2 Å². The number of hydrogen-bond donors (Lipinski definition) is 2. The number of ether oxygens (including phenoxy) is 3. The molecule has 2 bridgehead atoms. The summed E-state index contributed by atoms with van der Waals surface area (Å²) in [6.07, 6.45) is 0.112. The molecule has 0 unspecified atom stereocenters. The average molecular weight is 370 g/mol. The molecule has 4 aliphatic rings. The SMILES string of the molecule is CC(C)(C)OC(=O)NC12CC(CO)(C1)OC21CN(C(=O)OC(C)(C)C)C1. The van der Waals surface area contributed by atoms with Crippen molar-refractivity contribution in [3.05, 3.63) is 0 Å². The molecule has 0 aromatic rings. The Morgan fingerprint density at radius 2 is 1.62 bits per heavy atom. The third kappa shape index (κ3) is 3.13. The number of amides is 2. The fourth-order valence-electron chi connectivity index (χ4n) is 4.19. The van der Waals surface area contributed by atoms with Gasteiger partial charge in [-0.05, 0) is 41.5 Å². The standard InChI is InChI=1S/C18H30N2O6/c1-14(2,3)24-12(22)19-17-7-16(8-17,11-21)26-18(17)9-20(10-18)13(23)25-15(4,5)6/h21H,7-11H2,1-6H3,(H,19,22). The molecule has 2 N–H and O–H groups in total. The number of alkyl carbamates (subject to hydrolysis) is 1. The van der Waals surface area contributed by atoms with Crippen LogP contribution in [-0.4, -0.2) is 69.8 Å². The maximum Gasteiger partial charge on any atom is 0.410 e. The minimum atomic E-state index is -0.705. The van der Waals surface area contributed by atoms with Gasteiger partial charge in [0.25, 0.3) is 0 Å². The normalized spacial score (nSPS) is 31.9. The summed E-state index contributed by atoms with van der Waals surface area (Å²) in [5.74, 6) is 0. The third-order valence-electron chi connectivity index (χ3n) is 5.10. The van der Waals surface area contributed by atoms with E-state index in [0.717, 1.165) is 0 Å². The molecule has 26 heavy (non-hydrogen) atoms. The van der Waals surface area contributed by atoms with Crippen LogP contribution in [0.1, 0.15) is 54.4 Å². The largest absolute Gasteiger partial charge is 0.444 e. The molecule has 4 rings (SSSR count). The monoisotopic (exact) mass is 370 g/mol. The fourth-order valence-corrected chi connectivity index (χ4v) is 4.19. The van der Waals surface area contributed by atoms with Gasteiger partial charge in [-0.2, -0.15) is 0 Å². The zero-order valence-electron chi connectivity index (χ0n) is 16.5. The highest BCUT2D eigenvalue weighted by Gasteiger charge is 2.79. The fraction of sp³-hybridized carbons (Fsp3) is 0.889. The summed E-state index contributed by atoms with van der Waals surface area (Å²) in [7, 11) is 0. The quantitative estimate of drug-likeness (QED) is 0.769. The Balaban J connectivity index is 1.69. The van der Waals surface area contributed by atoms with Crippen molar-refractivity contribution in [2.75, 3.05) is 19.7 Å². The van der Waals surface area contributed by atoms with Crippen molar-refractivity contribution in [2.24, 2.45) is 0 Å². The van der Waals surface area contributed by atoms with E-state index in [4.69, 9.17) is 14.2 Å². The topological polar surface area (TPSA) is 97.3 Å². The van der Waals surface area contributed by atoms with Crippen LogP contribution in [-0.2, 0) is 14.2 Å². The lowest BCUT2D eigenvalue weighted by atomic mass is 9.60. The smallest absolute Gasteiger partial charge is 0.410 e. The molecule has 2 amide bonds. The maximum absolute atomic E-state index is 12.3. The average Bonchev–Trinajstić information content (AvgIpc) is 2.77. The van der Waals surface area contributed by atoms with Gasteiger partial charge in [-0.15, -0.1) is 0 Å². The van der Waals surface area contributed by atoms with Gasteiger partial charge in [0, 0.05) is 12.8 Å². The lowest BCUT2D eigenvalue weighted by Crippen LogP contribution is -2.77. The van der Waals surface area contributed by atoms with Gasteiger partial charge in [-0.1, -0.05) is 0 Å². The molecular formula is C18H30N2O6. The second-order valence-electron chi connectivity index (χ2n) is 9.84. The Bertz CT molecular complexity index is 606. The maximum atomic E-state index is 12.3. The number of carbonyl (C=O) groups is 2. The van der Waals surface area contributed by atoms with Crippen molar-refractivity contribution < 1.29 is 28.9 Å². The molecule has 1 saturated carbocycles. The van der Waals surface area contributed by atoms with Gasteiger partial charge in [0.05, 0.1) is 30.8 Å². The molecule has 8 nitrogen and oxygen atoms in total. The second-order valence-corrected chi connectivity index (χ2v) is 9.84. The van der Waals surface area contributed by atoms with Gasteiger partial charge < -0.3 is 29.5 Å².